The van der Waals surface area contributed by atoms with Gasteiger partial charge in [-0.1, -0.05) is 11.6 Å². The molecule has 0 saturated carbocycles. The average molecular weight is 345 g/mol. The Balaban J connectivity index is 2.81. The molecule has 1 aromatic carbocycles. The molecule has 0 atom stereocenters. The number of methoxy groups -OCH3 is 2. The summed E-state index contributed by atoms with van der Waals surface area (Å²) in [5, 5.41) is 14.4. The average Bonchev–Trinajstić information content (AvgIpc) is 2.45. The zero-order valence-electron chi connectivity index (χ0n) is 13.5. The Morgan fingerprint density at radius 3 is 2.35 bits per heavy atom. The standard InChI is InChI=1S/C15H21ClN2O5/c1-15(2,6-5-13(19)20)18-14(21)17-10-7-9(16)11(22-3)8-12(10)23-4/h7-8H,5-6H2,1-4H3,(H,19,20)(H2,17,18,21). The van der Waals surface area contributed by atoms with Gasteiger partial charge in [0, 0.05) is 18.0 Å². The van der Waals surface area contributed by atoms with Crippen LogP contribution in [0, 0.1) is 0 Å². The number of ether oxygens (including phenoxy) is 2. The van der Waals surface area contributed by atoms with E-state index in [1.165, 1.54) is 20.3 Å². The summed E-state index contributed by atoms with van der Waals surface area (Å²) in [7, 11) is 2.94. The van der Waals surface area contributed by atoms with E-state index in [-0.39, 0.29) is 6.42 Å². The third kappa shape index (κ3) is 5.86. The summed E-state index contributed by atoms with van der Waals surface area (Å²) in [5.41, 5.74) is -0.295. The van der Waals surface area contributed by atoms with E-state index in [0.29, 0.717) is 28.6 Å². The van der Waals surface area contributed by atoms with E-state index in [1.54, 1.807) is 19.9 Å². The first kappa shape index (κ1) is 18.9. The number of carboxylic acid groups (broad SMARTS) is 1. The minimum atomic E-state index is -0.913. The fourth-order valence-corrected chi connectivity index (χ4v) is 2.14. The molecule has 0 aliphatic carbocycles. The molecule has 0 heterocycles. The largest absolute Gasteiger partial charge is 0.495 e. The fourth-order valence-electron chi connectivity index (χ4n) is 1.90. The number of carbonyl (C=O) groups excluding carboxylic acids is 1. The molecule has 0 spiro atoms. The summed E-state index contributed by atoms with van der Waals surface area (Å²) in [6.07, 6.45) is 0.265. The van der Waals surface area contributed by atoms with Gasteiger partial charge in [-0.2, -0.15) is 0 Å². The predicted octanol–water partition coefficient (Wildman–Crippen LogP) is 3.12. The van der Waals surface area contributed by atoms with Crippen LogP contribution in [0.5, 0.6) is 11.5 Å². The molecule has 0 unspecified atom stereocenters. The van der Waals surface area contributed by atoms with Crippen LogP contribution in [0.2, 0.25) is 5.02 Å². The monoisotopic (exact) mass is 344 g/mol. The summed E-state index contributed by atoms with van der Waals surface area (Å²) in [4.78, 5) is 22.7. The van der Waals surface area contributed by atoms with Gasteiger partial charge in [0.1, 0.15) is 11.5 Å². The number of carboxylic acids is 1. The van der Waals surface area contributed by atoms with Crippen molar-refractivity contribution in [3.05, 3.63) is 17.2 Å². The number of rotatable bonds is 7. The lowest BCUT2D eigenvalue weighted by atomic mass is 9.99. The van der Waals surface area contributed by atoms with Crippen molar-refractivity contribution >= 4 is 29.3 Å². The predicted molar refractivity (Wildman–Crippen MR) is 87.7 cm³/mol. The highest BCUT2D eigenvalue weighted by Gasteiger charge is 2.22. The van der Waals surface area contributed by atoms with Gasteiger partial charge in [-0.3, -0.25) is 4.79 Å². The molecule has 23 heavy (non-hydrogen) atoms. The number of hydrogen-bond acceptors (Lipinski definition) is 4. The SMILES string of the molecule is COc1cc(OC)c(NC(=O)NC(C)(C)CCC(=O)O)cc1Cl. The molecular weight excluding hydrogens is 324 g/mol. The smallest absolute Gasteiger partial charge is 0.319 e. The van der Waals surface area contributed by atoms with Crippen LogP contribution in [0.3, 0.4) is 0 Å². The Hall–Kier alpha value is -2.15. The summed E-state index contributed by atoms with van der Waals surface area (Å²) in [6.45, 7) is 3.49. The first-order valence-corrected chi connectivity index (χ1v) is 7.29. The maximum atomic E-state index is 12.1. The Bertz CT molecular complexity index is 589. The minimum Gasteiger partial charge on any atom is -0.495 e. The molecule has 8 heteroatoms. The number of hydrogen-bond donors (Lipinski definition) is 3. The number of carbonyl (C=O) groups is 2. The van der Waals surface area contributed by atoms with Crippen LogP contribution in [0.15, 0.2) is 12.1 Å². The quantitative estimate of drug-likeness (QED) is 0.706. The van der Waals surface area contributed by atoms with Crippen molar-refractivity contribution in [1.82, 2.24) is 5.32 Å². The van der Waals surface area contributed by atoms with Crippen molar-refractivity contribution in [2.45, 2.75) is 32.2 Å². The van der Waals surface area contributed by atoms with Gasteiger partial charge in [-0.05, 0) is 26.3 Å². The molecule has 128 valence electrons. The van der Waals surface area contributed by atoms with E-state index in [2.05, 4.69) is 10.6 Å². The van der Waals surface area contributed by atoms with Crippen molar-refractivity contribution in [1.29, 1.82) is 0 Å². The van der Waals surface area contributed by atoms with Crippen molar-refractivity contribution in [2.24, 2.45) is 0 Å². The van der Waals surface area contributed by atoms with Crippen LogP contribution in [0.25, 0.3) is 0 Å². The molecular formula is C15H21ClN2O5. The molecule has 1 aromatic rings. The molecule has 0 fully saturated rings. The lowest BCUT2D eigenvalue weighted by Crippen LogP contribution is -2.45. The molecule has 0 aromatic heterocycles. The van der Waals surface area contributed by atoms with Gasteiger partial charge < -0.3 is 25.2 Å². The second-order valence-corrected chi connectivity index (χ2v) is 5.95. The fraction of sp³-hybridized carbons (Fsp3) is 0.467. The van der Waals surface area contributed by atoms with Crippen molar-refractivity contribution in [3.8, 4) is 11.5 Å². The van der Waals surface area contributed by atoms with Gasteiger partial charge in [0.25, 0.3) is 0 Å². The van der Waals surface area contributed by atoms with Crippen molar-refractivity contribution in [3.63, 3.8) is 0 Å². The maximum Gasteiger partial charge on any atom is 0.319 e. The Morgan fingerprint density at radius 2 is 1.83 bits per heavy atom. The van der Waals surface area contributed by atoms with Gasteiger partial charge in [-0.25, -0.2) is 4.79 Å². The minimum absolute atomic E-state index is 0.0367. The summed E-state index contributed by atoms with van der Waals surface area (Å²) >= 11 is 6.04. The molecule has 7 nitrogen and oxygen atoms in total. The van der Waals surface area contributed by atoms with Crippen molar-refractivity contribution in [2.75, 3.05) is 19.5 Å². The van der Waals surface area contributed by atoms with E-state index in [9.17, 15) is 9.59 Å². The maximum absolute atomic E-state index is 12.1. The van der Waals surface area contributed by atoms with Gasteiger partial charge in [0.05, 0.1) is 24.9 Å². The van der Waals surface area contributed by atoms with Crippen LogP contribution >= 0.6 is 11.6 Å². The molecule has 0 radical (unpaired) electrons. The van der Waals surface area contributed by atoms with Gasteiger partial charge in [-0.15, -0.1) is 0 Å². The first-order chi connectivity index (χ1) is 10.7. The zero-order chi connectivity index (χ0) is 17.6. The zero-order valence-corrected chi connectivity index (χ0v) is 14.3. The molecule has 0 aliphatic heterocycles. The molecule has 2 amide bonds. The third-order valence-electron chi connectivity index (χ3n) is 3.14. The second kappa shape index (κ2) is 7.92. The topological polar surface area (TPSA) is 96.9 Å². The highest BCUT2D eigenvalue weighted by Crippen LogP contribution is 2.35. The number of amides is 2. The highest BCUT2D eigenvalue weighted by atomic mass is 35.5. The lowest BCUT2D eigenvalue weighted by Gasteiger charge is -2.26. The van der Waals surface area contributed by atoms with E-state index >= 15 is 0 Å². The van der Waals surface area contributed by atoms with Crippen LogP contribution < -0.4 is 20.1 Å². The van der Waals surface area contributed by atoms with E-state index < -0.39 is 17.5 Å². The number of aliphatic carboxylic acids is 1. The molecule has 0 saturated heterocycles. The van der Waals surface area contributed by atoms with Gasteiger partial charge in [0.15, 0.2) is 0 Å². The van der Waals surface area contributed by atoms with Gasteiger partial charge in [0.2, 0.25) is 0 Å². The number of benzene rings is 1. The second-order valence-electron chi connectivity index (χ2n) is 5.54. The van der Waals surface area contributed by atoms with E-state index in [4.69, 9.17) is 26.2 Å². The number of anilines is 1. The lowest BCUT2D eigenvalue weighted by molar-refractivity contribution is -0.137. The van der Waals surface area contributed by atoms with E-state index in [0.717, 1.165) is 0 Å². The molecule has 0 aliphatic rings. The third-order valence-corrected chi connectivity index (χ3v) is 3.43. The Morgan fingerprint density at radius 1 is 1.22 bits per heavy atom. The number of nitrogens with one attached hydrogen (secondary N) is 2. The first-order valence-electron chi connectivity index (χ1n) is 6.91. The van der Waals surface area contributed by atoms with E-state index in [1.807, 2.05) is 0 Å². The van der Waals surface area contributed by atoms with Crippen LogP contribution in [0.4, 0.5) is 10.5 Å². The number of halogens is 1. The van der Waals surface area contributed by atoms with Crippen LogP contribution in [-0.4, -0.2) is 36.9 Å². The van der Waals surface area contributed by atoms with Crippen LogP contribution in [0.1, 0.15) is 26.7 Å². The summed E-state index contributed by atoms with van der Waals surface area (Å²) in [5.74, 6) is -0.0927. The molecule has 1 rings (SSSR count). The van der Waals surface area contributed by atoms with Crippen molar-refractivity contribution < 1.29 is 24.2 Å². The molecule has 0 bridgehead atoms. The van der Waals surface area contributed by atoms with Crippen LogP contribution in [-0.2, 0) is 4.79 Å². The number of urea groups is 1. The van der Waals surface area contributed by atoms with Gasteiger partial charge >= 0.3 is 12.0 Å². The summed E-state index contributed by atoms with van der Waals surface area (Å²) in [6, 6.07) is 2.59. The summed E-state index contributed by atoms with van der Waals surface area (Å²) < 4.78 is 10.3. The molecule has 3 N–H and O–H groups in total. The normalized spacial score (nSPS) is 10.8. The Kier molecular flexibility index (Phi) is 6.50. The highest BCUT2D eigenvalue weighted by molar-refractivity contribution is 6.32. The Labute approximate surface area is 139 Å².